The molecule has 6 heteroatoms. The highest BCUT2D eigenvalue weighted by Gasteiger charge is 2.17. The first-order chi connectivity index (χ1) is 8.58. The SMILES string of the molecule is Cc1nc(N2CCCC2)nc(NCC(N)=O)c1C. The minimum atomic E-state index is -0.395. The molecule has 1 aromatic heterocycles. The Morgan fingerprint density at radius 1 is 1.33 bits per heavy atom. The average Bonchev–Trinajstić information content (AvgIpc) is 2.84. The molecule has 0 atom stereocenters. The molecule has 1 fully saturated rings. The van der Waals surface area contributed by atoms with E-state index in [1.165, 1.54) is 12.8 Å². The molecule has 2 rings (SSSR count). The molecule has 1 aromatic rings. The number of anilines is 2. The van der Waals surface area contributed by atoms with Gasteiger partial charge in [0.1, 0.15) is 5.82 Å². The van der Waals surface area contributed by atoms with Crippen molar-refractivity contribution >= 4 is 17.7 Å². The van der Waals surface area contributed by atoms with Gasteiger partial charge >= 0.3 is 0 Å². The first-order valence-electron chi connectivity index (χ1n) is 6.20. The van der Waals surface area contributed by atoms with Crippen LogP contribution in [0.25, 0.3) is 0 Å². The summed E-state index contributed by atoms with van der Waals surface area (Å²) < 4.78 is 0. The number of nitrogens with one attached hydrogen (secondary N) is 1. The lowest BCUT2D eigenvalue weighted by Gasteiger charge is -2.18. The molecule has 1 aliphatic rings. The molecular formula is C12H19N5O. The Labute approximate surface area is 107 Å². The predicted molar refractivity (Wildman–Crippen MR) is 70.6 cm³/mol. The summed E-state index contributed by atoms with van der Waals surface area (Å²) in [4.78, 5) is 22.0. The summed E-state index contributed by atoms with van der Waals surface area (Å²) in [5, 5.41) is 2.96. The third-order valence-electron chi connectivity index (χ3n) is 3.20. The molecule has 6 nitrogen and oxygen atoms in total. The largest absolute Gasteiger partial charge is 0.368 e. The van der Waals surface area contributed by atoms with E-state index in [-0.39, 0.29) is 6.54 Å². The Kier molecular flexibility index (Phi) is 3.64. The van der Waals surface area contributed by atoms with Gasteiger partial charge in [0, 0.05) is 24.3 Å². The van der Waals surface area contributed by atoms with Crippen molar-refractivity contribution in [2.24, 2.45) is 5.73 Å². The molecule has 98 valence electrons. The third kappa shape index (κ3) is 2.69. The predicted octanol–water partition coefficient (Wildman–Crippen LogP) is 0.591. The molecule has 0 spiro atoms. The Morgan fingerprint density at radius 3 is 2.61 bits per heavy atom. The van der Waals surface area contributed by atoms with Crippen LogP contribution >= 0.6 is 0 Å². The number of nitrogens with two attached hydrogens (primary N) is 1. The summed E-state index contributed by atoms with van der Waals surface area (Å²) >= 11 is 0. The lowest BCUT2D eigenvalue weighted by Crippen LogP contribution is -2.25. The Morgan fingerprint density at radius 2 is 2.00 bits per heavy atom. The van der Waals surface area contributed by atoms with Crippen LogP contribution < -0.4 is 16.0 Å². The van der Waals surface area contributed by atoms with Gasteiger partial charge in [-0.1, -0.05) is 0 Å². The smallest absolute Gasteiger partial charge is 0.236 e. The van der Waals surface area contributed by atoms with Crippen molar-refractivity contribution in [2.45, 2.75) is 26.7 Å². The van der Waals surface area contributed by atoms with Gasteiger partial charge in [-0.15, -0.1) is 0 Å². The first-order valence-corrected chi connectivity index (χ1v) is 6.20. The van der Waals surface area contributed by atoms with E-state index in [4.69, 9.17) is 5.73 Å². The Balaban J connectivity index is 2.24. The van der Waals surface area contributed by atoms with Crippen LogP contribution in [-0.2, 0) is 4.79 Å². The van der Waals surface area contributed by atoms with E-state index in [1.54, 1.807) is 0 Å². The van der Waals surface area contributed by atoms with Crippen molar-refractivity contribution in [1.82, 2.24) is 9.97 Å². The number of hydrogen-bond acceptors (Lipinski definition) is 5. The lowest BCUT2D eigenvalue weighted by atomic mass is 10.2. The number of hydrogen-bond donors (Lipinski definition) is 2. The van der Waals surface area contributed by atoms with Crippen LogP contribution in [0.4, 0.5) is 11.8 Å². The quantitative estimate of drug-likeness (QED) is 0.816. The topological polar surface area (TPSA) is 84.1 Å². The number of aromatic nitrogens is 2. The highest BCUT2D eigenvalue weighted by molar-refractivity contribution is 5.78. The van der Waals surface area contributed by atoms with E-state index in [9.17, 15) is 4.79 Å². The van der Waals surface area contributed by atoms with Gasteiger partial charge in [-0.25, -0.2) is 4.98 Å². The van der Waals surface area contributed by atoms with Gasteiger partial charge < -0.3 is 16.0 Å². The molecule has 2 heterocycles. The van der Waals surface area contributed by atoms with Crippen LogP contribution in [0.3, 0.4) is 0 Å². The maximum Gasteiger partial charge on any atom is 0.236 e. The summed E-state index contributed by atoms with van der Waals surface area (Å²) in [7, 11) is 0. The second kappa shape index (κ2) is 5.20. The van der Waals surface area contributed by atoms with E-state index in [2.05, 4.69) is 20.2 Å². The van der Waals surface area contributed by atoms with Gasteiger partial charge in [-0.3, -0.25) is 4.79 Å². The van der Waals surface area contributed by atoms with Crippen LogP contribution in [-0.4, -0.2) is 35.5 Å². The lowest BCUT2D eigenvalue weighted by molar-refractivity contribution is -0.116. The molecule has 0 unspecified atom stereocenters. The molecule has 18 heavy (non-hydrogen) atoms. The zero-order chi connectivity index (χ0) is 13.1. The summed E-state index contributed by atoms with van der Waals surface area (Å²) in [6, 6.07) is 0. The van der Waals surface area contributed by atoms with Crippen molar-refractivity contribution in [1.29, 1.82) is 0 Å². The third-order valence-corrected chi connectivity index (χ3v) is 3.20. The summed E-state index contributed by atoms with van der Waals surface area (Å²) in [5.41, 5.74) is 7.02. The number of rotatable bonds is 4. The molecule has 0 aromatic carbocycles. The van der Waals surface area contributed by atoms with Crippen LogP contribution in [0.2, 0.25) is 0 Å². The first kappa shape index (κ1) is 12.6. The number of aryl methyl sites for hydroxylation is 1. The van der Waals surface area contributed by atoms with E-state index >= 15 is 0 Å². The normalized spacial score (nSPS) is 14.9. The number of carbonyl (C=O) groups excluding carboxylic acids is 1. The fourth-order valence-electron chi connectivity index (χ4n) is 2.02. The number of primary amides is 1. The van der Waals surface area contributed by atoms with Gasteiger partial charge in [-0.2, -0.15) is 4.98 Å². The maximum absolute atomic E-state index is 10.8. The van der Waals surface area contributed by atoms with Gasteiger partial charge in [0.15, 0.2) is 0 Å². The summed E-state index contributed by atoms with van der Waals surface area (Å²) in [6.07, 6.45) is 2.36. The van der Waals surface area contributed by atoms with Gasteiger partial charge in [0.05, 0.1) is 6.54 Å². The second-order valence-electron chi connectivity index (χ2n) is 4.60. The molecular weight excluding hydrogens is 230 g/mol. The maximum atomic E-state index is 10.8. The Hall–Kier alpha value is -1.85. The minimum absolute atomic E-state index is 0.0940. The highest BCUT2D eigenvalue weighted by atomic mass is 16.1. The Bertz CT molecular complexity index is 454. The van der Waals surface area contributed by atoms with E-state index in [1.807, 2.05) is 13.8 Å². The van der Waals surface area contributed by atoms with Gasteiger partial charge in [0.2, 0.25) is 11.9 Å². The highest BCUT2D eigenvalue weighted by Crippen LogP contribution is 2.21. The number of nitrogens with zero attached hydrogens (tertiary/aromatic N) is 3. The fourth-order valence-corrected chi connectivity index (χ4v) is 2.02. The molecule has 0 radical (unpaired) electrons. The standard InChI is InChI=1S/C12H19N5O/c1-8-9(2)15-12(17-5-3-4-6-17)16-11(8)14-7-10(13)18/h3-7H2,1-2H3,(H2,13,18)(H,14,15,16). The van der Waals surface area contributed by atoms with Crippen molar-refractivity contribution in [3.05, 3.63) is 11.3 Å². The van der Waals surface area contributed by atoms with Crippen LogP contribution in [0.1, 0.15) is 24.1 Å². The summed E-state index contributed by atoms with van der Waals surface area (Å²) in [5.74, 6) is 1.04. The van der Waals surface area contributed by atoms with Gasteiger partial charge in [0.25, 0.3) is 0 Å². The van der Waals surface area contributed by atoms with Crippen molar-refractivity contribution < 1.29 is 4.79 Å². The molecule has 1 amide bonds. The van der Waals surface area contributed by atoms with Crippen LogP contribution in [0, 0.1) is 13.8 Å². The summed E-state index contributed by atoms with van der Waals surface area (Å²) in [6.45, 7) is 5.98. The molecule has 1 aliphatic heterocycles. The number of amides is 1. The monoisotopic (exact) mass is 249 g/mol. The number of carbonyl (C=O) groups is 1. The molecule has 3 N–H and O–H groups in total. The molecule has 0 aliphatic carbocycles. The molecule has 0 bridgehead atoms. The van der Waals surface area contributed by atoms with Gasteiger partial charge in [-0.05, 0) is 26.7 Å². The fraction of sp³-hybridized carbons (Fsp3) is 0.583. The van der Waals surface area contributed by atoms with Crippen molar-refractivity contribution in [2.75, 3.05) is 29.9 Å². The second-order valence-corrected chi connectivity index (χ2v) is 4.60. The molecule has 1 saturated heterocycles. The van der Waals surface area contributed by atoms with E-state index < -0.39 is 5.91 Å². The average molecular weight is 249 g/mol. The van der Waals surface area contributed by atoms with Crippen molar-refractivity contribution in [3.8, 4) is 0 Å². The van der Waals surface area contributed by atoms with E-state index in [0.29, 0.717) is 5.82 Å². The zero-order valence-electron chi connectivity index (χ0n) is 10.9. The van der Waals surface area contributed by atoms with Crippen molar-refractivity contribution in [3.63, 3.8) is 0 Å². The molecule has 0 saturated carbocycles. The minimum Gasteiger partial charge on any atom is -0.368 e. The zero-order valence-corrected chi connectivity index (χ0v) is 10.9. The van der Waals surface area contributed by atoms with Crippen LogP contribution in [0.15, 0.2) is 0 Å². The van der Waals surface area contributed by atoms with Crippen LogP contribution in [0.5, 0.6) is 0 Å². The van der Waals surface area contributed by atoms with E-state index in [0.717, 1.165) is 30.3 Å².